The van der Waals surface area contributed by atoms with Crippen LogP contribution in [0.3, 0.4) is 0 Å². The third kappa shape index (κ3) is 9.41. The Bertz CT molecular complexity index is 2780. The lowest BCUT2D eigenvalue weighted by Crippen LogP contribution is -2.42. The third-order valence-corrected chi connectivity index (χ3v) is 12.2. The van der Waals surface area contributed by atoms with Crippen LogP contribution in [0.25, 0.3) is 22.1 Å². The summed E-state index contributed by atoms with van der Waals surface area (Å²) in [5.41, 5.74) is 8.09. The van der Waals surface area contributed by atoms with E-state index < -0.39 is 18.2 Å². The van der Waals surface area contributed by atoms with Gasteiger partial charge in [0.15, 0.2) is 6.04 Å². The zero-order chi connectivity index (χ0) is 44.7. The number of fused-ring (bicyclic) bond motifs is 2. The van der Waals surface area contributed by atoms with Gasteiger partial charge in [-0.05, 0) is 84.3 Å². The van der Waals surface area contributed by atoms with Gasteiger partial charge in [-0.1, -0.05) is 91.0 Å². The van der Waals surface area contributed by atoms with Gasteiger partial charge in [0.1, 0.15) is 17.7 Å². The number of imidazole rings is 2. The van der Waals surface area contributed by atoms with Gasteiger partial charge >= 0.3 is 6.09 Å². The van der Waals surface area contributed by atoms with E-state index in [4.69, 9.17) is 24.5 Å². The van der Waals surface area contributed by atoms with E-state index in [0.717, 1.165) is 76.0 Å². The molecular formula is C50H51N9O6. The number of methoxy groups -OCH3 is 1. The maximum atomic E-state index is 14.1. The Morgan fingerprint density at radius 1 is 0.723 bits per heavy atom. The van der Waals surface area contributed by atoms with Gasteiger partial charge in [0.2, 0.25) is 6.40 Å². The van der Waals surface area contributed by atoms with Gasteiger partial charge in [-0.2, -0.15) is 4.89 Å². The SMILES string of the molecule is COO/C=N/[C@@H](C(=O)N1CCC[C@H]1c1nc2cc(CN(Cc3ccc4[nH]c([C@@H]5CCCN5C(=O)[C@H](NC(=O)OC)c5ccccc5)nc4c3)c3ccccc3)ccc2[nH]1)c1ccccc1. The van der Waals surface area contributed by atoms with Crippen molar-refractivity contribution in [1.82, 2.24) is 35.1 Å². The first kappa shape index (κ1) is 42.8. The van der Waals surface area contributed by atoms with E-state index in [2.05, 4.69) is 67.6 Å². The van der Waals surface area contributed by atoms with Crippen LogP contribution in [0.15, 0.2) is 132 Å². The number of nitrogens with one attached hydrogen (secondary N) is 3. The van der Waals surface area contributed by atoms with E-state index >= 15 is 0 Å². The molecule has 4 atom stereocenters. The predicted molar refractivity (Wildman–Crippen MR) is 246 cm³/mol. The van der Waals surface area contributed by atoms with Gasteiger partial charge in [-0.15, -0.1) is 0 Å². The summed E-state index contributed by atoms with van der Waals surface area (Å²) < 4.78 is 4.87. The molecular weight excluding hydrogens is 823 g/mol. The molecule has 2 aliphatic rings. The minimum Gasteiger partial charge on any atom is -0.453 e. The molecule has 0 spiro atoms. The molecule has 3 amide bonds. The minimum absolute atomic E-state index is 0.129. The molecule has 0 saturated carbocycles. The highest BCUT2D eigenvalue weighted by atomic mass is 17.2. The van der Waals surface area contributed by atoms with Crippen LogP contribution >= 0.6 is 0 Å². The normalized spacial score (nSPS) is 17.1. The van der Waals surface area contributed by atoms with Crippen molar-refractivity contribution in [2.75, 3.05) is 32.2 Å². The Morgan fingerprint density at radius 3 is 1.78 bits per heavy atom. The molecule has 5 aromatic carbocycles. The van der Waals surface area contributed by atoms with Crippen LogP contribution in [-0.2, 0) is 37.2 Å². The quantitative estimate of drug-likeness (QED) is 0.0396. The van der Waals surface area contributed by atoms with Crippen molar-refractivity contribution in [1.29, 1.82) is 0 Å². The molecule has 0 aliphatic carbocycles. The molecule has 15 nitrogen and oxygen atoms in total. The molecule has 332 valence electrons. The molecule has 9 rings (SSSR count). The monoisotopic (exact) mass is 873 g/mol. The Kier molecular flexibility index (Phi) is 12.8. The molecule has 65 heavy (non-hydrogen) atoms. The number of carbonyl (C=O) groups is 3. The van der Waals surface area contributed by atoms with Gasteiger partial charge in [0, 0.05) is 31.9 Å². The van der Waals surface area contributed by atoms with Crippen LogP contribution < -0.4 is 10.2 Å². The van der Waals surface area contributed by atoms with Crippen LogP contribution in [0.5, 0.6) is 0 Å². The second-order valence-electron chi connectivity index (χ2n) is 16.3. The molecule has 7 aromatic rings. The van der Waals surface area contributed by atoms with Crippen LogP contribution in [0.1, 0.15) is 83.8 Å². The third-order valence-electron chi connectivity index (χ3n) is 12.2. The molecule has 3 N–H and O–H groups in total. The highest BCUT2D eigenvalue weighted by molar-refractivity contribution is 5.88. The van der Waals surface area contributed by atoms with Crippen molar-refractivity contribution >= 4 is 52.1 Å². The molecule has 15 heteroatoms. The van der Waals surface area contributed by atoms with Crippen LogP contribution in [0.4, 0.5) is 10.5 Å². The molecule has 0 radical (unpaired) electrons. The van der Waals surface area contributed by atoms with Crippen LogP contribution in [-0.4, -0.2) is 81.4 Å². The number of hydrogen-bond acceptors (Lipinski definition) is 10. The average Bonchev–Trinajstić information content (AvgIpc) is 4.19. The summed E-state index contributed by atoms with van der Waals surface area (Å²) in [6, 6.07) is 39.4. The fourth-order valence-electron chi connectivity index (χ4n) is 9.09. The second-order valence-corrected chi connectivity index (χ2v) is 16.3. The summed E-state index contributed by atoms with van der Waals surface area (Å²) in [6.07, 6.45) is 3.68. The van der Waals surface area contributed by atoms with Crippen molar-refractivity contribution < 1.29 is 28.9 Å². The van der Waals surface area contributed by atoms with Crippen LogP contribution in [0.2, 0.25) is 0 Å². The number of H-pyrrole nitrogens is 2. The number of carbonyl (C=O) groups excluding carboxylic acids is 3. The molecule has 0 bridgehead atoms. The zero-order valence-electron chi connectivity index (χ0n) is 36.3. The van der Waals surface area contributed by atoms with Gasteiger partial charge in [-0.25, -0.2) is 19.8 Å². The van der Waals surface area contributed by atoms with E-state index in [1.807, 2.05) is 94.7 Å². The Morgan fingerprint density at radius 2 is 1.25 bits per heavy atom. The Balaban J connectivity index is 0.930. The van der Waals surface area contributed by atoms with Crippen molar-refractivity contribution in [3.63, 3.8) is 0 Å². The van der Waals surface area contributed by atoms with E-state index in [9.17, 15) is 14.4 Å². The average molecular weight is 874 g/mol. The number of nitrogens with zero attached hydrogens (tertiary/aromatic N) is 6. The van der Waals surface area contributed by atoms with E-state index in [1.54, 1.807) is 0 Å². The van der Waals surface area contributed by atoms with Crippen LogP contribution in [0, 0.1) is 0 Å². The van der Waals surface area contributed by atoms with Gasteiger partial charge < -0.3 is 39.6 Å². The Labute approximate surface area is 376 Å². The minimum atomic E-state index is -0.894. The second kappa shape index (κ2) is 19.5. The van der Waals surface area contributed by atoms with Gasteiger partial charge in [0.05, 0.1) is 48.4 Å². The predicted octanol–water partition coefficient (Wildman–Crippen LogP) is 8.42. The maximum absolute atomic E-state index is 14.1. The number of amides is 3. The number of para-hydroxylation sites is 1. The fourth-order valence-corrected chi connectivity index (χ4v) is 9.09. The van der Waals surface area contributed by atoms with Crippen molar-refractivity contribution in [3.05, 3.63) is 161 Å². The number of benzene rings is 5. The number of aromatic amines is 2. The summed E-state index contributed by atoms with van der Waals surface area (Å²) in [6.45, 7) is 2.36. The molecule has 2 aromatic heterocycles. The first-order valence-electron chi connectivity index (χ1n) is 21.9. The highest BCUT2D eigenvalue weighted by Gasteiger charge is 2.38. The summed E-state index contributed by atoms with van der Waals surface area (Å²) in [4.78, 5) is 77.7. The lowest BCUT2D eigenvalue weighted by Gasteiger charge is -2.28. The first-order valence-corrected chi connectivity index (χ1v) is 21.9. The number of aromatic nitrogens is 4. The van der Waals surface area contributed by atoms with E-state index in [-0.39, 0.29) is 23.9 Å². The standard InChI is InChI=1S/C50H51N9O6/c1-63-50(62)56-45(36-16-8-4-9-17-36)49(61)59-27-13-21-43(59)47-53-39-25-23-34(29-41(39)55-47)31-57(37-18-10-5-11-19-37)30-33-22-24-38-40(28-33)54-46(52-38)42-20-12-26-58(42)48(60)44(51-32-65-64-2)35-14-6-3-7-15-35/h3-11,14-19,22-25,28-29,32,42-45H,12-13,20-21,26-27,30-31H2,1-2H3,(H,52,54)(H,53,55)(H,56,62)/b51-32+/t42-,43-,44+,45+/m0/s1. The largest absolute Gasteiger partial charge is 0.453 e. The smallest absolute Gasteiger partial charge is 0.407 e. The summed E-state index contributed by atoms with van der Waals surface area (Å²) in [5.74, 6) is 1.12. The van der Waals surface area contributed by atoms with Crippen molar-refractivity contribution in [2.45, 2.75) is 62.9 Å². The van der Waals surface area contributed by atoms with Crippen molar-refractivity contribution in [2.24, 2.45) is 4.99 Å². The lowest BCUT2D eigenvalue weighted by molar-refractivity contribution is -0.188. The zero-order valence-corrected chi connectivity index (χ0v) is 36.3. The fraction of sp³-hybridized carbons (Fsp3) is 0.280. The number of rotatable bonds is 15. The summed E-state index contributed by atoms with van der Waals surface area (Å²) in [5, 5.41) is 2.74. The summed E-state index contributed by atoms with van der Waals surface area (Å²) >= 11 is 0. The number of ether oxygens (including phenoxy) is 1. The van der Waals surface area contributed by atoms with E-state index in [0.29, 0.717) is 37.6 Å². The molecule has 0 unspecified atom stereocenters. The number of hydrogen-bond donors (Lipinski definition) is 3. The van der Waals surface area contributed by atoms with Gasteiger partial charge in [-0.3, -0.25) is 9.59 Å². The number of likely N-dealkylation sites (tertiary alicyclic amines) is 2. The number of aliphatic imine (C=N–C) groups is 1. The Hall–Kier alpha value is -7.52. The summed E-state index contributed by atoms with van der Waals surface area (Å²) in [7, 11) is 2.68. The molecule has 2 saturated heterocycles. The lowest BCUT2D eigenvalue weighted by atomic mass is 10.1. The molecule has 2 aliphatic heterocycles. The maximum Gasteiger partial charge on any atom is 0.407 e. The van der Waals surface area contributed by atoms with E-state index in [1.165, 1.54) is 20.6 Å². The number of alkyl carbamates (subject to hydrolysis) is 1. The van der Waals surface area contributed by atoms with Crippen molar-refractivity contribution in [3.8, 4) is 0 Å². The highest BCUT2D eigenvalue weighted by Crippen LogP contribution is 2.36. The topological polar surface area (TPSA) is 170 Å². The molecule has 2 fully saturated rings. The molecule has 4 heterocycles. The number of anilines is 1. The van der Waals surface area contributed by atoms with Gasteiger partial charge in [0.25, 0.3) is 11.8 Å². The first-order chi connectivity index (χ1) is 31.9.